The topological polar surface area (TPSA) is 102 Å². The van der Waals surface area contributed by atoms with E-state index in [0.717, 1.165) is 0 Å². The van der Waals surface area contributed by atoms with Gasteiger partial charge in [0, 0.05) is 13.3 Å². The number of rotatable bonds is 4. The minimum absolute atomic E-state index is 0.0939. The van der Waals surface area contributed by atoms with Crippen LogP contribution in [0.4, 0.5) is 5.69 Å². The number of aromatic hydroxyl groups is 2. The van der Waals surface area contributed by atoms with Crippen molar-refractivity contribution in [3.05, 3.63) is 54.1 Å². The number of anilines is 1. The minimum atomic E-state index is -0.815. The highest BCUT2D eigenvalue weighted by Gasteiger charge is 2.32. The molecule has 2 aromatic rings. The first-order valence-electron chi connectivity index (χ1n) is 7.71. The molecule has 0 spiro atoms. The number of amides is 1. The molecule has 3 N–H and O–H groups in total. The number of phenols is 2. The molecule has 2 aromatic carbocycles. The first-order valence-corrected chi connectivity index (χ1v) is 7.71. The van der Waals surface area contributed by atoms with E-state index in [2.05, 4.69) is 10.4 Å². The quantitative estimate of drug-likeness (QED) is 0.734. The highest BCUT2D eigenvalue weighted by Crippen LogP contribution is 2.26. The number of hydrogen-bond donors (Lipinski definition) is 3. The number of amidine groups is 1. The van der Waals surface area contributed by atoms with Gasteiger partial charge in [-0.3, -0.25) is 20.0 Å². The van der Waals surface area contributed by atoms with E-state index >= 15 is 0 Å². The lowest BCUT2D eigenvalue weighted by Crippen LogP contribution is -2.56. The number of nitrogens with zero attached hydrogens (tertiary/aromatic N) is 2. The van der Waals surface area contributed by atoms with Crippen molar-refractivity contribution < 1.29 is 19.8 Å². The van der Waals surface area contributed by atoms with Crippen molar-refractivity contribution in [1.29, 1.82) is 0 Å². The van der Waals surface area contributed by atoms with Crippen LogP contribution in [-0.4, -0.2) is 33.8 Å². The zero-order chi connectivity index (χ0) is 18.0. The van der Waals surface area contributed by atoms with Gasteiger partial charge in [0.1, 0.15) is 6.04 Å². The summed E-state index contributed by atoms with van der Waals surface area (Å²) in [6, 6.07) is 12.4. The number of aliphatic imine (C=N–C) groups is 1. The first kappa shape index (κ1) is 16.5. The Bertz CT molecular complexity index is 849. The van der Waals surface area contributed by atoms with E-state index in [-0.39, 0.29) is 35.4 Å². The number of Topliss-reactive ketones (excluding diaryl/α,β-unsaturated/α-hetero) is 1. The Morgan fingerprint density at radius 1 is 1.16 bits per heavy atom. The van der Waals surface area contributed by atoms with Crippen LogP contribution < -0.4 is 10.4 Å². The Morgan fingerprint density at radius 3 is 2.52 bits per heavy atom. The molecule has 0 saturated carbocycles. The molecule has 1 amide bonds. The summed E-state index contributed by atoms with van der Waals surface area (Å²) in [6.45, 7) is 1.37. The molecule has 25 heavy (non-hydrogen) atoms. The van der Waals surface area contributed by atoms with Gasteiger partial charge in [0.05, 0.1) is 5.69 Å². The smallest absolute Gasteiger partial charge is 0.270 e. The molecule has 1 unspecified atom stereocenters. The normalized spacial score (nSPS) is 17.0. The first-order chi connectivity index (χ1) is 12.0. The molecular formula is C18H17N3O4. The van der Waals surface area contributed by atoms with E-state index in [1.54, 1.807) is 30.3 Å². The van der Waals surface area contributed by atoms with Crippen molar-refractivity contribution in [2.75, 3.05) is 5.01 Å². The maximum Gasteiger partial charge on any atom is 0.270 e. The minimum Gasteiger partial charge on any atom is -0.504 e. The number of hydrazine groups is 1. The van der Waals surface area contributed by atoms with E-state index in [9.17, 15) is 19.8 Å². The monoisotopic (exact) mass is 339 g/mol. The Balaban J connectivity index is 1.93. The number of nitrogens with one attached hydrogen (secondary N) is 1. The molecule has 7 nitrogen and oxygen atoms in total. The molecule has 0 fully saturated rings. The van der Waals surface area contributed by atoms with Gasteiger partial charge in [0.2, 0.25) is 0 Å². The summed E-state index contributed by atoms with van der Waals surface area (Å²) in [5, 5.41) is 20.3. The molecule has 0 aliphatic carbocycles. The molecule has 0 saturated heterocycles. The summed E-state index contributed by atoms with van der Waals surface area (Å²) in [6.07, 6.45) is 0.189. The van der Waals surface area contributed by atoms with E-state index in [4.69, 9.17) is 0 Å². The van der Waals surface area contributed by atoms with Crippen LogP contribution in [0.2, 0.25) is 0 Å². The van der Waals surface area contributed by atoms with Crippen molar-refractivity contribution in [1.82, 2.24) is 5.43 Å². The van der Waals surface area contributed by atoms with Gasteiger partial charge in [0.25, 0.3) is 5.91 Å². The maximum atomic E-state index is 12.8. The van der Waals surface area contributed by atoms with Crippen LogP contribution in [0.25, 0.3) is 0 Å². The Kier molecular flexibility index (Phi) is 4.38. The summed E-state index contributed by atoms with van der Waals surface area (Å²) in [7, 11) is 0. The van der Waals surface area contributed by atoms with Gasteiger partial charge in [-0.15, -0.1) is 0 Å². The fourth-order valence-corrected chi connectivity index (χ4v) is 2.54. The van der Waals surface area contributed by atoms with E-state index in [1.165, 1.54) is 24.1 Å². The second-order valence-corrected chi connectivity index (χ2v) is 5.70. The van der Waals surface area contributed by atoms with E-state index in [1.807, 2.05) is 6.07 Å². The molecule has 1 aliphatic rings. The fraction of sp³-hybridized carbons (Fsp3) is 0.167. The lowest BCUT2D eigenvalue weighted by molar-refractivity contribution is -0.120. The van der Waals surface area contributed by atoms with Crippen LogP contribution in [0.5, 0.6) is 11.5 Å². The summed E-state index contributed by atoms with van der Waals surface area (Å²) < 4.78 is 0. The van der Waals surface area contributed by atoms with Gasteiger partial charge in [-0.2, -0.15) is 0 Å². The Hall–Kier alpha value is -3.35. The molecule has 1 heterocycles. The van der Waals surface area contributed by atoms with Crippen LogP contribution in [0.3, 0.4) is 0 Å². The molecule has 0 bridgehead atoms. The fourth-order valence-electron chi connectivity index (χ4n) is 2.54. The number of ketones is 1. The Morgan fingerprint density at radius 2 is 1.88 bits per heavy atom. The van der Waals surface area contributed by atoms with Gasteiger partial charge >= 0.3 is 0 Å². The number of carbonyl (C=O) groups is 2. The highest BCUT2D eigenvalue weighted by atomic mass is 16.3. The third-order valence-electron chi connectivity index (χ3n) is 3.82. The molecule has 1 atom stereocenters. The van der Waals surface area contributed by atoms with Crippen molar-refractivity contribution in [2.45, 2.75) is 19.4 Å². The second kappa shape index (κ2) is 6.64. The van der Waals surface area contributed by atoms with Crippen molar-refractivity contribution >= 4 is 23.2 Å². The average molecular weight is 339 g/mol. The van der Waals surface area contributed by atoms with Crippen molar-refractivity contribution in [3.8, 4) is 11.5 Å². The predicted octanol–water partition coefficient (Wildman–Crippen LogP) is 1.55. The van der Waals surface area contributed by atoms with Gasteiger partial charge in [-0.1, -0.05) is 24.3 Å². The molecular weight excluding hydrogens is 322 g/mol. The summed E-state index contributed by atoms with van der Waals surface area (Å²) in [4.78, 5) is 28.8. The van der Waals surface area contributed by atoms with E-state index in [0.29, 0.717) is 11.3 Å². The van der Waals surface area contributed by atoms with E-state index < -0.39 is 6.04 Å². The van der Waals surface area contributed by atoms with Gasteiger partial charge in [-0.25, -0.2) is 5.01 Å². The van der Waals surface area contributed by atoms with Crippen LogP contribution in [0, 0.1) is 0 Å². The summed E-state index contributed by atoms with van der Waals surface area (Å²) in [5.74, 6) is -1.01. The standard InChI is InChI=1S/C18H17N3O4/c1-11(22)17-19-14(9-12-7-8-15(23)16(24)10-12)18(25)21(20-17)13-5-3-2-4-6-13/h2-8,10,14,23-24H,9H2,1H3,(H,19,20). The van der Waals surface area contributed by atoms with Crippen LogP contribution in [0.1, 0.15) is 12.5 Å². The zero-order valence-electron chi connectivity index (χ0n) is 13.5. The zero-order valence-corrected chi connectivity index (χ0v) is 13.5. The lowest BCUT2D eigenvalue weighted by atomic mass is 10.0. The van der Waals surface area contributed by atoms with Crippen LogP contribution in [-0.2, 0) is 16.0 Å². The van der Waals surface area contributed by atoms with Crippen molar-refractivity contribution in [2.24, 2.45) is 4.99 Å². The summed E-state index contributed by atoms with van der Waals surface area (Å²) in [5.41, 5.74) is 3.97. The molecule has 0 radical (unpaired) electrons. The molecule has 128 valence electrons. The number of hydrogen-bond acceptors (Lipinski definition) is 6. The van der Waals surface area contributed by atoms with Gasteiger partial charge in [0.15, 0.2) is 23.1 Å². The second-order valence-electron chi connectivity index (χ2n) is 5.70. The molecule has 7 heteroatoms. The van der Waals surface area contributed by atoms with Crippen molar-refractivity contribution in [3.63, 3.8) is 0 Å². The van der Waals surface area contributed by atoms with Crippen LogP contribution >= 0.6 is 0 Å². The SMILES string of the molecule is CC(=O)C1=NC(Cc2ccc(O)c(O)c2)C(=O)N(c2ccccc2)N1. The van der Waals surface area contributed by atoms with Gasteiger partial charge < -0.3 is 10.2 Å². The molecule has 1 aliphatic heterocycles. The lowest BCUT2D eigenvalue weighted by Gasteiger charge is -2.31. The molecule has 0 aromatic heterocycles. The van der Waals surface area contributed by atoms with Crippen LogP contribution in [0.15, 0.2) is 53.5 Å². The predicted molar refractivity (Wildman–Crippen MR) is 92.4 cm³/mol. The van der Waals surface area contributed by atoms with Gasteiger partial charge in [-0.05, 0) is 29.8 Å². The number of benzene rings is 2. The largest absolute Gasteiger partial charge is 0.504 e. The summed E-state index contributed by atoms with van der Waals surface area (Å²) >= 11 is 0. The third kappa shape index (κ3) is 3.45. The maximum absolute atomic E-state index is 12.8. The number of para-hydroxylation sites is 1. The number of carbonyl (C=O) groups excluding carboxylic acids is 2. The molecule has 3 rings (SSSR count). The highest BCUT2D eigenvalue weighted by molar-refractivity contribution is 6.39. The number of phenolic OH excluding ortho intramolecular Hbond substituents is 2. The Labute approximate surface area is 144 Å². The average Bonchev–Trinajstić information content (AvgIpc) is 2.60. The third-order valence-corrected chi connectivity index (χ3v) is 3.82.